The first-order valence-corrected chi connectivity index (χ1v) is 8.28. The summed E-state index contributed by atoms with van der Waals surface area (Å²) in [5, 5.41) is 4.90. The molecule has 0 fully saturated rings. The van der Waals surface area contributed by atoms with Crippen molar-refractivity contribution in [1.29, 1.82) is 0 Å². The maximum Gasteiger partial charge on any atom is 0.243 e. The number of carbonyl (C=O) groups is 2. The molecule has 1 aromatic rings. The first kappa shape index (κ1) is 18.1. The van der Waals surface area contributed by atoms with Gasteiger partial charge in [0.2, 0.25) is 21.8 Å². The molecular formula is C14H21N3O4S. The van der Waals surface area contributed by atoms with E-state index in [0.717, 1.165) is 0 Å². The molecule has 22 heavy (non-hydrogen) atoms. The summed E-state index contributed by atoms with van der Waals surface area (Å²) in [6.07, 6.45) is 0. The number of rotatable bonds is 6. The number of likely N-dealkylation sites (N-methyl/N-ethyl adjacent to an activating group) is 1. The first-order chi connectivity index (χ1) is 10.2. The standard InChI is InChI=1S/C14H21N3O4S/c1-9(2)13(14(19)15-4)17-22(20,21)12-8-6-5-7-11(12)16-10(3)18/h5-9,13,17H,1-4H3,(H,15,19)(H,16,18)/t13-/m0/s1. The Morgan fingerprint density at radius 2 is 1.73 bits per heavy atom. The Hall–Kier alpha value is -1.93. The van der Waals surface area contributed by atoms with Crippen molar-refractivity contribution in [2.24, 2.45) is 5.92 Å². The van der Waals surface area contributed by atoms with Gasteiger partial charge in [0.1, 0.15) is 10.9 Å². The topological polar surface area (TPSA) is 104 Å². The molecule has 1 rings (SSSR count). The predicted octanol–water partition coefficient (Wildman–Crippen LogP) is 0.694. The van der Waals surface area contributed by atoms with Gasteiger partial charge < -0.3 is 10.6 Å². The van der Waals surface area contributed by atoms with Gasteiger partial charge in [-0.2, -0.15) is 4.72 Å². The zero-order chi connectivity index (χ0) is 16.9. The van der Waals surface area contributed by atoms with Gasteiger partial charge in [-0.1, -0.05) is 26.0 Å². The number of para-hydroxylation sites is 1. The highest BCUT2D eigenvalue weighted by atomic mass is 32.2. The number of hydrogen-bond donors (Lipinski definition) is 3. The second kappa shape index (κ2) is 7.37. The average molecular weight is 327 g/mol. The van der Waals surface area contributed by atoms with Gasteiger partial charge in [0, 0.05) is 14.0 Å². The highest BCUT2D eigenvalue weighted by Crippen LogP contribution is 2.21. The van der Waals surface area contributed by atoms with E-state index in [2.05, 4.69) is 15.4 Å². The van der Waals surface area contributed by atoms with Gasteiger partial charge in [-0.05, 0) is 18.1 Å². The van der Waals surface area contributed by atoms with Crippen LogP contribution in [-0.4, -0.2) is 33.3 Å². The highest BCUT2D eigenvalue weighted by Gasteiger charge is 2.29. The number of anilines is 1. The van der Waals surface area contributed by atoms with Crippen molar-refractivity contribution in [2.45, 2.75) is 31.7 Å². The maximum atomic E-state index is 12.5. The van der Waals surface area contributed by atoms with Crippen LogP contribution in [0.5, 0.6) is 0 Å². The molecule has 2 amide bonds. The maximum absolute atomic E-state index is 12.5. The van der Waals surface area contributed by atoms with Crippen molar-refractivity contribution in [3.8, 4) is 0 Å². The summed E-state index contributed by atoms with van der Waals surface area (Å²) in [6, 6.07) is 5.11. The van der Waals surface area contributed by atoms with Gasteiger partial charge >= 0.3 is 0 Å². The molecule has 0 saturated carbocycles. The molecule has 0 aliphatic carbocycles. The molecule has 0 aliphatic heterocycles. The molecule has 122 valence electrons. The van der Waals surface area contributed by atoms with E-state index in [1.807, 2.05) is 0 Å². The van der Waals surface area contributed by atoms with E-state index >= 15 is 0 Å². The predicted molar refractivity (Wildman–Crippen MR) is 83.8 cm³/mol. The fourth-order valence-electron chi connectivity index (χ4n) is 1.87. The fourth-order valence-corrected chi connectivity index (χ4v) is 3.38. The van der Waals surface area contributed by atoms with Gasteiger partial charge in [0.25, 0.3) is 0 Å². The lowest BCUT2D eigenvalue weighted by molar-refractivity contribution is -0.123. The van der Waals surface area contributed by atoms with Crippen LogP contribution in [0.3, 0.4) is 0 Å². The second-order valence-corrected chi connectivity index (χ2v) is 6.82. The Bertz CT molecular complexity index is 656. The molecule has 3 N–H and O–H groups in total. The van der Waals surface area contributed by atoms with Gasteiger partial charge in [0.05, 0.1) is 5.69 Å². The molecular weight excluding hydrogens is 306 g/mol. The normalized spacial score (nSPS) is 12.8. The number of sulfonamides is 1. The van der Waals surface area contributed by atoms with Crippen molar-refractivity contribution in [3.63, 3.8) is 0 Å². The Labute approximate surface area is 130 Å². The molecule has 0 bridgehead atoms. The van der Waals surface area contributed by atoms with E-state index in [-0.39, 0.29) is 22.4 Å². The molecule has 1 aromatic carbocycles. The smallest absolute Gasteiger partial charge is 0.243 e. The van der Waals surface area contributed by atoms with E-state index in [4.69, 9.17) is 0 Å². The minimum Gasteiger partial charge on any atom is -0.358 e. The minimum absolute atomic E-state index is 0.0836. The van der Waals surface area contributed by atoms with Gasteiger partial charge in [-0.25, -0.2) is 8.42 Å². The van der Waals surface area contributed by atoms with Crippen LogP contribution < -0.4 is 15.4 Å². The van der Waals surface area contributed by atoms with Crippen LogP contribution in [0.1, 0.15) is 20.8 Å². The molecule has 0 unspecified atom stereocenters. The summed E-state index contributed by atoms with van der Waals surface area (Å²) in [5.74, 6) is -1.03. The van der Waals surface area contributed by atoms with Crippen LogP contribution in [0, 0.1) is 5.92 Å². The Morgan fingerprint density at radius 1 is 1.14 bits per heavy atom. The summed E-state index contributed by atoms with van der Waals surface area (Å²) in [5.41, 5.74) is 0.168. The molecule has 1 atom stereocenters. The summed E-state index contributed by atoms with van der Waals surface area (Å²) in [4.78, 5) is 22.9. The molecule has 8 heteroatoms. The summed E-state index contributed by atoms with van der Waals surface area (Å²) < 4.78 is 27.4. The van der Waals surface area contributed by atoms with Crippen molar-refractivity contribution in [2.75, 3.05) is 12.4 Å². The number of nitrogens with one attached hydrogen (secondary N) is 3. The van der Waals surface area contributed by atoms with Crippen LogP contribution in [0.2, 0.25) is 0 Å². The van der Waals surface area contributed by atoms with Crippen LogP contribution >= 0.6 is 0 Å². The number of carbonyl (C=O) groups excluding carboxylic acids is 2. The van der Waals surface area contributed by atoms with Crippen molar-refractivity contribution in [1.82, 2.24) is 10.0 Å². The van der Waals surface area contributed by atoms with E-state index in [1.54, 1.807) is 26.0 Å². The van der Waals surface area contributed by atoms with E-state index < -0.39 is 22.0 Å². The molecule has 0 aromatic heterocycles. The third-order valence-corrected chi connectivity index (χ3v) is 4.46. The third kappa shape index (κ3) is 4.54. The van der Waals surface area contributed by atoms with Crippen LogP contribution in [0.25, 0.3) is 0 Å². The SMILES string of the molecule is CNC(=O)[C@@H](NS(=O)(=O)c1ccccc1NC(C)=O)C(C)C. The summed E-state index contributed by atoms with van der Waals surface area (Å²) in [7, 11) is -2.52. The lowest BCUT2D eigenvalue weighted by Crippen LogP contribution is -2.48. The van der Waals surface area contributed by atoms with Gasteiger partial charge in [0.15, 0.2) is 0 Å². The van der Waals surface area contributed by atoms with Crippen molar-refractivity contribution >= 4 is 27.5 Å². The molecule has 0 radical (unpaired) electrons. The van der Waals surface area contributed by atoms with Crippen LogP contribution in [-0.2, 0) is 19.6 Å². The quantitative estimate of drug-likeness (QED) is 0.715. The number of benzene rings is 1. The minimum atomic E-state index is -3.96. The lowest BCUT2D eigenvalue weighted by atomic mass is 10.1. The van der Waals surface area contributed by atoms with Crippen molar-refractivity contribution in [3.05, 3.63) is 24.3 Å². The zero-order valence-electron chi connectivity index (χ0n) is 13.0. The molecule has 0 aliphatic rings. The monoisotopic (exact) mass is 327 g/mol. The molecule has 7 nitrogen and oxygen atoms in total. The first-order valence-electron chi connectivity index (χ1n) is 6.79. The van der Waals surface area contributed by atoms with Crippen LogP contribution in [0.15, 0.2) is 29.2 Å². The Balaban J connectivity index is 3.19. The third-order valence-electron chi connectivity index (χ3n) is 2.96. The van der Waals surface area contributed by atoms with E-state index in [1.165, 1.54) is 26.1 Å². The summed E-state index contributed by atoms with van der Waals surface area (Å²) in [6.45, 7) is 4.77. The van der Waals surface area contributed by atoms with E-state index in [9.17, 15) is 18.0 Å². The molecule has 0 spiro atoms. The highest BCUT2D eigenvalue weighted by molar-refractivity contribution is 7.89. The van der Waals surface area contributed by atoms with Crippen LogP contribution in [0.4, 0.5) is 5.69 Å². The fraction of sp³-hybridized carbons (Fsp3) is 0.429. The van der Waals surface area contributed by atoms with Crippen molar-refractivity contribution < 1.29 is 18.0 Å². The Kier molecular flexibility index (Phi) is 6.07. The largest absolute Gasteiger partial charge is 0.358 e. The van der Waals surface area contributed by atoms with E-state index in [0.29, 0.717) is 0 Å². The Morgan fingerprint density at radius 3 is 2.23 bits per heavy atom. The van der Waals surface area contributed by atoms with Gasteiger partial charge in [-0.3, -0.25) is 9.59 Å². The van der Waals surface area contributed by atoms with Gasteiger partial charge in [-0.15, -0.1) is 0 Å². The number of amides is 2. The molecule has 0 saturated heterocycles. The number of hydrogen-bond acceptors (Lipinski definition) is 4. The molecule has 0 heterocycles. The lowest BCUT2D eigenvalue weighted by Gasteiger charge is -2.21. The summed E-state index contributed by atoms with van der Waals surface area (Å²) >= 11 is 0. The average Bonchev–Trinajstić information content (AvgIpc) is 2.43. The second-order valence-electron chi connectivity index (χ2n) is 5.13. The zero-order valence-corrected chi connectivity index (χ0v) is 13.8.